The minimum Gasteiger partial charge on any atom is -0.353 e. The van der Waals surface area contributed by atoms with Gasteiger partial charge in [-0.1, -0.05) is 39.5 Å². The molecule has 1 N–H and O–H groups in total. The van der Waals surface area contributed by atoms with Gasteiger partial charge in [0.2, 0.25) is 5.91 Å². The van der Waals surface area contributed by atoms with Crippen molar-refractivity contribution < 1.29 is 4.79 Å². The Labute approximate surface area is 99.2 Å². The topological polar surface area (TPSA) is 29.1 Å². The third-order valence-corrected chi connectivity index (χ3v) is 4.53. The van der Waals surface area contributed by atoms with Crippen LogP contribution in [0.5, 0.6) is 0 Å². The predicted molar refractivity (Wildman–Crippen MR) is 66.1 cm³/mol. The molecule has 2 aliphatic rings. The van der Waals surface area contributed by atoms with Gasteiger partial charge in [0, 0.05) is 12.0 Å². The van der Waals surface area contributed by atoms with Crippen LogP contribution in [0, 0.1) is 11.3 Å². The Kier molecular flexibility index (Phi) is 3.56. The Morgan fingerprint density at radius 3 is 2.31 bits per heavy atom. The largest absolute Gasteiger partial charge is 0.353 e. The third-order valence-electron chi connectivity index (χ3n) is 4.53. The summed E-state index contributed by atoms with van der Waals surface area (Å²) in [6.07, 6.45) is 9.78. The van der Waals surface area contributed by atoms with Gasteiger partial charge in [-0.25, -0.2) is 0 Å². The van der Waals surface area contributed by atoms with Crippen LogP contribution in [0.25, 0.3) is 0 Å². The van der Waals surface area contributed by atoms with Gasteiger partial charge in [-0.2, -0.15) is 0 Å². The monoisotopic (exact) mass is 223 g/mol. The molecule has 2 fully saturated rings. The van der Waals surface area contributed by atoms with Crippen molar-refractivity contribution in [1.82, 2.24) is 5.32 Å². The first-order valence-corrected chi connectivity index (χ1v) is 6.90. The second-order valence-corrected chi connectivity index (χ2v) is 6.28. The molecule has 0 aliphatic heterocycles. The van der Waals surface area contributed by atoms with Crippen LogP contribution in [0.2, 0.25) is 0 Å². The number of nitrogens with one attached hydrogen (secondary N) is 1. The molecule has 2 aliphatic carbocycles. The van der Waals surface area contributed by atoms with Gasteiger partial charge in [0.05, 0.1) is 0 Å². The lowest BCUT2D eigenvalue weighted by molar-refractivity contribution is -0.130. The summed E-state index contributed by atoms with van der Waals surface area (Å²) in [7, 11) is 0. The Balaban J connectivity index is 1.91. The summed E-state index contributed by atoms with van der Waals surface area (Å²) < 4.78 is 0. The summed E-state index contributed by atoms with van der Waals surface area (Å²) in [5.74, 6) is 0.582. The molecule has 2 nitrogen and oxygen atoms in total. The van der Waals surface area contributed by atoms with Crippen molar-refractivity contribution in [2.45, 2.75) is 71.3 Å². The fraction of sp³-hybridized carbons (Fsp3) is 0.929. The Hall–Kier alpha value is -0.530. The quantitative estimate of drug-likeness (QED) is 0.765. The molecule has 0 radical (unpaired) electrons. The molecule has 0 bridgehead atoms. The first-order valence-electron chi connectivity index (χ1n) is 6.90. The van der Waals surface area contributed by atoms with Crippen LogP contribution in [0.4, 0.5) is 0 Å². The predicted octanol–water partition coefficient (Wildman–Crippen LogP) is 3.26. The van der Waals surface area contributed by atoms with Gasteiger partial charge in [0.1, 0.15) is 0 Å². The number of carbonyl (C=O) groups excluding carboxylic acids is 1. The van der Waals surface area contributed by atoms with Crippen molar-refractivity contribution >= 4 is 5.91 Å². The molecule has 1 amide bonds. The Bertz CT molecular complexity index is 253. The average Bonchev–Trinajstić information content (AvgIpc) is 2.69. The zero-order valence-corrected chi connectivity index (χ0v) is 10.7. The van der Waals surface area contributed by atoms with Gasteiger partial charge >= 0.3 is 0 Å². The van der Waals surface area contributed by atoms with Crippen LogP contribution >= 0.6 is 0 Å². The highest BCUT2D eigenvalue weighted by Crippen LogP contribution is 2.40. The van der Waals surface area contributed by atoms with Gasteiger partial charge in [-0.3, -0.25) is 4.79 Å². The maximum absolute atomic E-state index is 12.3. The molecule has 1 atom stereocenters. The van der Waals surface area contributed by atoms with E-state index in [2.05, 4.69) is 19.2 Å². The molecule has 0 saturated heterocycles. The molecule has 0 aromatic carbocycles. The highest BCUT2D eigenvalue weighted by Gasteiger charge is 2.37. The van der Waals surface area contributed by atoms with Crippen molar-refractivity contribution in [1.29, 1.82) is 0 Å². The smallest absolute Gasteiger partial charge is 0.223 e. The summed E-state index contributed by atoms with van der Waals surface area (Å²) in [6.45, 7) is 4.51. The molecule has 0 heterocycles. The Morgan fingerprint density at radius 2 is 1.69 bits per heavy atom. The molecule has 0 spiro atoms. The van der Waals surface area contributed by atoms with Crippen molar-refractivity contribution in [3.05, 3.63) is 0 Å². The lowest BCUT2D eigenvalue weighted by Crippen LogP contribution is -2.44. The van der Waals surface area contributed by atoms with Crippen molar-refractivity contribution in [3.63, 3.8) is 0 Å². The molecule has 0 aromatic rings. The molecule has 2 saturated carbocycles. The van der Waals surface area contributed by atoms with Crippen LogP contribution in [0.3, 0.4) is 0 Å². The summed E-state index contributed by atoms with van der Waals surface area (Å²) in [5, 5.41) is 3.27. The van der Waals surface area contributed by atoms with E-state index < -0.39 is 0 Å². The second-order valence-electron chi connectivity index (χ2n) is 6.28. The molecule has 1 unspecified atom stereocenters. The zero-order valence-electron chi connectivity index (χ0n) is 10.7. The summed E-state index contributed by atoms with van der Waals surface area (Å²) in [4.78, 5) is 12.3. The molecular weight excluding hydrogens is 198 g/mol. The summed E-state index contributed by atoms with van der Waals surface area (Å²) in [5.41, 5.74) is 0.209. The highest BCUT2D eigenvalue weighted by atomic mass is 16.2. The molecule has 2 heteroatoms. The zero-order chi connectivity index (χ0) is 11.6. The van der Waals surface area contributed by atoms with E-state index in [1.807, 2.05) is 0 Å². The van der Waals surface area contributed by atoms with E-state index in [1.165, 1.54) is 44.9 Å². The number of amides is 1. The maximum atomic E-state index is 12.3. The number of rotatable bonds is 2. The Morgan fingerprint density at radius 1 is 1.06 bits per heavy atom. The fourth-order valence-electron chi connectivity index (χ4n) is 3.35. The van der Waals surface area contributed by atoms with E-state index in [0.29, 0.717) is 11.9 Å². The van der Waals surface area contributed by atoms with Crippen LogP contribution in [0.1, 0.15) is 65.2 Å². The van der Waals surface area contributed by atoms with Gasteiger partial charge in [-0.15, -0.1) is 0 Å². The van der Waals surface area contributed by atoms with Crippen LogP contribution in [-0.2, 0) is 4.79 Å². The number of carbonyl (C=O) groups is 1. The number of hydrogen-bond donors (Lipinski definition) is 1. The third kappa shape index (κ3) is 2.58. The highest BCUT2D eigenvalue weighted by molar-refractivity contribution is 5.79. The van der Waals surface area contributed by atoms with Gasteiger partial charge in [-0.05, 0) is 31.1 Å². The van der Waals surface area contributed by atoms with Gasteiger partial charge < -0.3 is 5.32 Å². The summed E-state index contributed by atoms with van der Waals surface area (Å²) in [6, 6.07) is 0.477. The normalized spacial score (nSPS) is 30.2. The van der Waals surface area contributed by atoms with Crippen molar-refractivity contribution in [2.75, 3.05) is 0 Å². The number of hydrogen-bond acceptors (Lipinski definition) is 1. The van der Waals surface area contributed by atoms with Crippen LogP contribution in [0.15, 0.2) is 0 Å². The minimum absolute atomic E-state index is 0.209. The lowest BCUT2D eigenvalue weighted by atomic mass is 9.68. The SMILES string of the molecule is CC1(C)CCCCC1C(=O)NC1CCCC1. The van der Waals surface area contributed by atoms with E-state index in [1.54, 1.807) is 0 Å². The summed E-state index contributed by atoms with van der Waals surface area (Å²) >= 11 is 0. The average molecular weight is 223 g/mol. The molecule has 92 valence electrons. The van der Waals surface area contributed by atoms with Crippen LogP contribution < -0.4 is 5.32 Å². The van der Waals surface area contributed by atoms with Crippen LogP contribution in [-0.4, -0.2) is 11.9 Å². The van der Waals surface area contributed by atoms with E-state index >= 15 is 0 Å². The first-order chi connectivity index (χ1) is 7.59. The standard InChI is InChI=1S/C14H25NO/c1-14(2)10-6-5-9-12(14)13(16)15-11-7-3-4-8-11/h11-12H,3-10H2,1-2H3,(H,15,16). The lowest BCUT2D eigenvalue weighted by Gasteiger charge is -2.38. The van der Waals surface area contributed by atoms with Gasteiger partial charge in [0.15, 0.2) is 0 Å². The molecule has 0 aromatic heterocycles. The first kappa shape index (κ1) is 11.9. The molecular formula is C14H25NO. The van der Waals surface area contributed by atoms with E-state index in [4.69, 9.17) is 0 Å². The molecule has 2 rings (SSSR count). The van der Waals surface area contributed by atoms with Crippen molar-refractivity contribution in [2.24, 2.45) is 11.3 Å². The van der Waals surface area contributed by atoms with Crippen molar-refractivity contribution in [3.8, 4) is 0 Å². The van der Waals surface area contributed by atoms with E-state index in [0.717, 1.165) is 6.42 Å². The second kappa shape index (κ2) is 4.77. The van der Waals surface area contributed by atoms with E-state index in [-0.39, 0.29) is 11.3 Å². The molecule has 16 heavy (non-hydrogen) atoms. The maximum Gasteiger partial charge on any atom is 0.223 e. The fourth-order valence-corrected chi connectivity index (χ4v) is 3.35. The van der Waals surface area contributed by atoms with E-state index in [9.17, 15) is 4.79 Å². The van der Waals surface area contributed by atoms with Gasteiger partial charge in [0.25, 0.3) is 0 Å². The minimum atomic E-state index is 0.209.